The van der Waals surface area contributed by atoms with Gasteiger partial charge in [-0.1, -0.05) is 25.0 Å². The van der Waals surface area contributed by atoms with Gasteiger partial charge in [-0.2, -0.15) is 0 Å². The number of carbonyl (C=O) groups is 1. The third-order valence-corrected chi connectivity index (χ3v) is 4.60. The van der Waals surface area contributed by atoms with Gasteiger partial charge in [0.2, 0.25) is 5.91 Å². The molecule has 1 aromatic carbocycles. The van der Waals surface area contributed by atoms with Gasteiger partial charge in [0.25, 0.3) is 0 Å². The number of hydrogen-bond donors (Lipinski definition) is 1. The number of anilines is 1. The standard InChI is InChI=1S/C16H22N2O/c17-15-7-3-6-13-8-9-18(11-14(13)15)16(19)10-12-4-1-2-5-12/h3,6-7,12H,1-2,4-5,8-11,17H2. The molecule has 1 aromatic rings. The number of carbonyl (C=O) groups excluding carboxylic acids is 1. The van der Waals surface area contributed by atoms with Crippen LogP contribution in [0.1, 0.15) is 43.2 Å². The molecule has 1 amide bonds. The smallest absolute Gasteiger partial charge is 0.223 e. The molecular weight excluding hydrogens is 236 g/mol. The van der Waals surface area contributed by atoms with Crippen molar-refractivity contribution < 1.29 is 4.79 Å². The number of amides is 1. The molecule has 0 radical (unpaired) electrons. The first-order valence-corrected chi connectivity index (χ1v) is 7.38. The van der Waals surface area contributed by atoms with Crippen molar-refractivity contribution in [3.63, 3.8) is 0 Å². The number of nitrogen functional groups attached to an aromatic ring is 1. The first-order chi connectivity index (χ1) is 9.24. The zero-order valence-electron chi connectivity index (χ0n) is 11.4. The third kappa shape index (κ3) is 2.60. The molecule has 1 saturated carbocycles. The van der Waals surface area contributed by atoms with Gasteiger partial charge in [-0.05, 0) is 42.4 Å². The molecule has 1 heterocycles. The van der Waals surface area contributed by atoms with Crippen LogP contribution in [0.25, 0.3) is 0 Å². The highest BCUT2D eigenvalue weighted by Gasteiger charge is 2.25. The van der Waals surface area contributed by atoms with E-state index in [1.807, 2.05) is 17.0 Å². The van der Waals surface area contributed by atoms with Gasteiger partial charge in [0.05, 0.1) is 0 Å². The summed E-state index contributed by atoms with van der Waals surface area (Å²) in [5, 5.41) is 0. The minimum Gasteiger partial charge on any atom is -0.398 e. The second-order valence-corrected chi connectivity index (χ2v) is 5.90. The Labute approximate surface area is 114 Å². The molecule has 2 aliphatic rings. The molecule has 0 saturated heterocycles. The molecule has 0 unspecified atom stereocenters. The van der Waals surface area contributed by atoms with Crippen molar-refractivity contribution in [3.8, 4) is 0 Å². The molecule has 1 aliphatic heterocycles. The maximum Gasteiger partial charge on any atom is 0.223 e. The van der Waals surface area contributed by atoms with Crippen LogP contribution < -0.4 is 5.73 Å². The summed E-state index contributed by atoms with van der Waals surface area (Å²) in [5.74, 6) is 0.947. The summed E-state index contributed by atoms with van der Waals surface area (Å²) >= 11 is 0. The van der Waals surface area contributed by atoms with E-state index in [-0.39, 0.29) is 0 Å². The molecule has 3 nitrogen and oxygen atoms in total. The highest BCUT2D eigenvalue weighted by molar-refractivity contribution is 5.77. The SMILES string of the molecule is Nc1cccc2c1CN(C(=O)CC1CCCC1)CC2. The number of benzene rings is 1. The molecule has 0 spiro atoms. The van der Waals surface area contributed by atoms with Gasteiger partial charge in [-0.3, -0.25) is 4.79 Å². The molecule has 0 aromatic heterocycles. The van der Waals surface area contributed by atoms with Crippen molar-refractivity contribution in [3.05, 3.63) is 29.3 Å². The fraction of sp³-hybridized carbons (Fsp3) is 0.562. The van der Waals surface area contributed by atoms with Gasteiger partial charge >= 0.3 is 0 Å². The summed E-state index contributed by atoms with van der Waals surface area (Å²) in [7, 11) is 0. The average molecular weight is 258 g/mol. The van der Waals surface area contributed by atoms with E-state index in [2.05, 4.69) is 6.07 Å². The Hall–Kier alpha value is -1.51. The summed E-state index contributed by atoms with van der Waals surface area (Å²) < 4.78 is 0. The lowest BCUT2D eigenvalue weighted by molar-refractivity contribution is -0.133. The summed E-state index contributed by atoms with van der Waals surface area (Å²) in [6, 6.07) is 6.07. The lowest BCUT2D eigenvalue weighted by Crippen LogP contribution is -2.37. The Morgan fingerprint density at radius 2 is 2.11 bits per heavy atom. The van der Waals surface area contributed by atoms with E-state index in [0.29, 0.717) is 18.4 Å². The van der Waals surface area contributed by atoms with E-state index in [9.17, 15) is 4.79 Å². The lowest BCUT2D eigenvalue weighted by atomic mass is 9.96. The van der Waals surface area contributed by atoms with E-state index < -0.39 is 0 Å². The van der Waals surface area contributed by atoms with Crippen LogP contribution in [0.4, 0.5) is 5.69 Å². The van der Waals surface area contributed by atoms with Crippen LogP contribution >= 0.6 is 0 Å². The van der Waals surface area contributed by atoms with Gasteiger partial charge in [-0.25, -0.2) is 0 Å². The summed E-state index contributed by atoms with van der Waals surface area (Å²) in [5.41, 5.74) is 9.33. The molecule has 1 fully saturated rings. The van der Waals surface area contributed by atoms with Crippen LogP contribution in [0.3, 0.4) is 0 Å². The van der Waals surface area contributed by atoms with Gasteiger partial charge < -0.3 is 10.6 Å². The van der Waals surface area contributed by atoms with Crippen molar-refractivity contribution >= 4 is 11.6 Å². The molecule has 0 atom stereocenters. The zero-order chi connectivity index (χ0) is 13.2. The summed E-state index contributed by atoms with van der Waals surface area (Å²) in [6.07, 6.45) is 6.75. The van der Waals surface area contributed by atoms with Crippen molar-refractivity contribution in [2.75, 3.05) is 12.3 Å². The number of fused-ring (bicyclic) bond motifs is 1. The Morgan fingerprint density at radius 1 is 1.32 bits per heavy atom. The highest BCUT2D eigenvalue weighted by atomic mass is 16.2. The summed E-state index contributed by atoms with van der Waals surface area (Å²) in [4.78, 5) is 14.4. The third-order valence-electron chi connectivity index (χ3n) is 4.60. The minimum absolute atomic E-state index is 0.320. The number of nitrogens with zero attached hydrogens (tertiary/aromatic N) is 1. The number of nitrogens with two attached hydrogens (primary N) is 1. The van der Waals surface area contributed by atoms with Crippen molar-refractivity contribution in [1.29, 1.82) is 0 Å². The fourth-order valence-electron chi connectivity index (χ4n) is 3.41. The fourth-order valence-corrected chi connectivity index (χ4v) is 3.41. The molecule has 2 N–H and O–H groups in total. The predicted molar refractivity (Wildman–Crippen MR) is 76.6 cm³/mol. The second kappa shape index (κ2) is 5.24. The van der Waals surface area contributed by atoms with Gasteiger partial charge in [0, 0.05) is 25.2 Å². The number of rotatable bonds is 2. The Kier molecular flexibility index (Phi) is 3.45. The Balaban J connectivity index is 1.67. The summed E-state index contributed by atoms with van der Waals surface area (Å²) in [6.45, 7) is 1.55. The van der Waals surface area contributed by atoms with E-state index in [1.54, 1.807) is 0 Å². The van der Waals surface area contributed by atoms with Crippen LogP contribution in [0.2, 0.25) is 0 Å². The zero-order valence-corrected chi connectivity index (χ0v) is 11.4. The molecular formula is C16H22N2O. The topological polar surface area (TPSA) is 46.3 Å². The van der Waals surface area contributed by atoms with Crippen molar-refractivity contribution in [2.45, 2.75) is 45.1 Å². The Morgan fingerprint density at radius 3 is 2.89 bits per heavy atom. The molecule has 3 heteroatoms. The first-order valence-electron chi connectivity index (χ1n) is 7.38. The van der Waals surface area contributed by atoms with Crippen molar-refractivity contribution in [2.24, 2.45) is 5.92 Å². The van der Waals surface area contributed by atoms with Gasteiger partial charge in [0.15, 0.2) is 0 Å². The van der Waals surface area contributed by atoms with Gasteiger partial charge in [-0.15, -0.1) is 0 Å². The van der Waals surface area contributed by atoms with E-state index in [4.69, 9.17) is 5.73 Å². The van der Waals surface area contributed by atoms with Crippen LogP contribution in [0, 0.1) is 5.92 Å². The maximum absolute atomic E-state index is 12.4. The van der Waals surface area contributed by atoms with Crippen LogP contribution in [0.5, 0.6) is 0 Å². The maximum atomic E-state index is 12.4. The average Bonchev–Trinajstić information content (AvgIpc) is 2.92. The second-order valence-electron chi connectivity index (χ2n) is 5.90. The molecule has 1 aliphatic carbocycles. The quantitative estimate of drug-likeness (QED) is 0.829. The normalized spacial score (nSPS) is 19.5. The van der Waals surface area contributed by atoms with E-state index in [0.717, 1.165) is 30.6 Å². The van der Waals surface area contributed by atoms with Crippen LogP contribution in [0.15, 0.2) is 18.2 Å². The highest BCUT2D eigenvalue weighted by Crippen LogP contribution is 2.30. The molecule has 19 heavy (non-hydrogen) atoms. The largest absolute Gasteiger partial charge is 0.398 e. The van der Waals surface area contributed by atoms with Crippen LogP contribution in [-0.4, -0.2) is 17.4 Å². The molecule has 0 bridgehead atoms. The van der Waals surface area contributed by atoms with Crippen molar-refractivity contribution in [1.82, 2.24) is 4.90 Å². The predicted octanol–water partition coefficient (Wildman–Crippen LogP) is 2.73. The Bertz CT molecular complexity index is 478. The monoisotopic (exact) mass is 258 g/mol. The lowest BCUT2D eigenvalue weighted by Gasteiger charge is -2.30. The van der Waals surface area contributed by atoms with Crippen LogP contribution in [-0.2, 0) is 17.8 Å². The van der Waals surface area contributed by atoms with E-state index in [1.165, 1.54) is 31.2 Å². The molecule has 102 valence electrons. The van der Waals surface area contributed by atoms with E-state index >= 15 is 0 Å². The first kappa shape index (κ1) is 12.5. The minimum atomic E-state index is 0.320. The van der Waals surface area contributed by atoms with Gasteiger partial charge in [0.1, 0.15) is 0 Å². The number of hydrogen-bond acceptors (Lipinski definition) is 2. The molecule has 3 rings (SSSR count).